The summed E-state index contributed by atoms with van der Waals surface area (Å²) in [5.41, 5.74) is 6.63. The molecule has 3 aromatic heterocycles. The molecule has 1 saturated heterocycles. The van der Waals surface area contributed by atoms with Gasteiger partial charge in [-0.05, 0) is 75.6 Å². The molecule has 4 heterocycles. The van der Waals surface area contributed by atoms with Crippen LogP contribution in [-0.2, 0) is 17.8 Å². The highest BCUT2D eigenvalue weighted by Crippen LogP contribution is 2.34. The van der Waals surface area contributed by atoms with Gasteiger partial charge >= 0.3 is 0 Å². The van der Waals surface area contributed by atoms with Gasteiger partial charge in [0.05, 0.1) is 11.7 Å². The van der Waals surface area contributed by atoms with Crippen molar-refractivity contribution in [1.29, 1.82) is 0 Å². The SMILES string of the molecule is CCCNC(=O)CCc1c(C)nc2cc([C@H]3CCCN3Cc3csc(C)c3)nn2c1C. The number of fused-ring (bicyclic) bond motifs is 1. The molecule has 0 aromatic carbocycles. The van der Waals surface area contributed by atoms with Crippen molar-refractivity contribution in [2.45, 2.75) is 72.4 Å². The van der Waals surface area contributed by atoms with Gasteiger partial charge in [-0.25, -0.2) is 9.50 Å². The minimum Gasteiger partial charge on any atom is -0.356 e. The van der Waals surface area contributed by atoms with Gasteiger partial charge in [0.1, 0.15) is 0 Å². The third-order valence-electron chi connectivity index (χ3n) is 6.23. The van der Waals surface area contributed by atoms with Gasteiger partial charge in [0.25, 0.3) is 0 Å². The Morgan fingerprint density at radius 3 is 2.87 bits per heavy atom. The van der Waals surface area contributed by atoms with Crippen LogP contribution in [0.3, 0.4) is 0 Å². The van der Waals surface area contributed by atoms with E-state index in [1.165, 1.54) is 16.9 Å². The number of hydrogen-bond acceptors (Lipinski definition) is 5. The van der Waals surface area contributed by atoms with E-state index in [2.05, 4.69) is 48.5 Å². The molecule has 7 heteroatoms. The summed E-state index contributed by atoms with van der Waals surface area (Å²) in [6.45, 7) is 11.2. The van der Waals surface area contributed by atoms with Crippen molar-refractivity contribution in [3.63, 3.8) is 0 Å². The predicted octanol–water partition coefficient (Wildman–Crippen LogP) is 4.51. The van der Waals surface area contributed by atoms with E-state index in [1.54, 1.807) is 0 Å². The van der Waals surface area contributed by atoms with Crippen molar-refractivity contribution in [3.05, 3.63) is 50.6 Å². The van der Waals surface area contributed by atoms with Crippen molar-refractivity contribution in [1.82, 2.24) is 24.8 Å². The number of carbonyl (C=O) groups excluding carboxylic acids is 1. The Bertz CT molecular complexity index is 1070. The van der Waals surface area contributed by atoms with Crippen LogP contribution in [0.1, 0.15) is 71.7 Å². The predicted molar refractivity (Wildman–Crippen MR) is 126 cm³/mol. The monoisotopic (exact) mass is 439 g/mol. The molecule has 0 spiro atoms. The molecule has 0 unspecified atom stereocenters. The van der Waals surface area contributed by atoms with Crippen molar-refractivity contribution >= 4 is 22.9 Å². The molecule has 0 saturated carbocycles. The average Bonchev–Trinajstić information content (AvgIpc) is 3.46. The van der Waals surface area contributed by atoms with Gasteiger partial charge in [0, 0.05) is 41.8 Å². The van der Waals surface area contributed by atoms with Gasteiger partial charge in [-0.1, -0.05) is 6.92 Å². The zero-order chi connectivity index (χ0) is 22.0. The van der Waals surface area contributed by atoms with Gasteiger partial charge < -0.3 is 5.32 Å². The Balaban J connectivity index is 1.54. The summed E-state index contributed by atoms with van der Waals surface area (Å²) >= 11 is 1.82. The van der Waals surface area contributed by atoms with Gasteiger partial charge in [0.15, 0.2) is 5.65 Å². The highest BCUT2D eigenvalue weighted by atomic mass is 32.1. The summed E-state index contributed by atoms with van der Waals surface area (Å²) in [6, 6.07) is 4.78. The first-order valence-corrected chi connectivity index (χ1v) is 12.2. The number of thiophene rings is 1. The van der Waals surface area contributed by atoms with Crippen LogP contribution >= 0.6 is 11.3 Å². The number of nitrogens with one attached hydrogen (secondary N) is 1. The lowest BCUT2D eigenvalue weighted by molar-refractivity contribution is -0.121. The molecule has 31 heavy (non-hydrogen) atoms. The Hall–Kier alpha value is -2.25. The molecule has 166 valence electrons. The molecule has 1 amide bonds. The number of hydrogen-bond donors (Lipinski definition) is 1. The van der Waals surface area contributed by atoms with Crippen LogP contribution in [0.15, 0.2) is 17.5 Å². The van der Waals surface area contributed by atoms with Crippen LogP contribution in [0, 0.1) is 20.8 Å². The molecule has 4 rings (SSSR count). The van der Waals surface area contributed by atoms with E-state index < -0.39 is 0 Å². The van der Waals surface area contributed by atoms with Crippen LogP contribution in [0.25, 0.3) is 5.65 Å². The number of aryl methyl sites for hydroxylation is 3. The second-order valence-corrected chi connectivity index (χ2v) is 9.76. The number of amides is 1. The van der Waals surface area contributed by atoms with Crippen LogP contribution in [0.2, 0.25) is 0 Å². The topological polar surface area (TPSA) is 62.5 Å². The molecule has 0 radical (unpaired) electrons. The fraction of sp³-hybridized carbons (Fsp3) is 0.542. The van der Waals surface area contributed by atoms with E-state index >= 15 is 0 Å². The molecule has 3 aromatic rings. The van der Waals surface area contributed by atoms with Crippen LogP contribution in [-0.4, -0.2) is 38.5 Å². The summed E-state index contributed by atoms with van der Waals surface area (Å²) in [4.78, 5) is 20.8. The minimum absolute atomic E-state index is 0.104. The van der Waals surface area contributed by atoms with Crippen molar-refractivity contribution < 1.29 is 4.79 Å². The van der Waals surface area contributed by atoms with Crippen molar-refractivity contribution in [3.8, 4) is 0 Å². The number of nitrogens with zero attached hydrogens (tertiary/aromatic N) is 4. The first kappa shape index (κ1) is 22.0. The molecule has 0 aliphatic carbocycles. The van der Waals surface area contributed by atoms with Crippen molar-refractivity contribution in [2.24, 2.45) is 0 Å². The lowest BCUT2D eigenvalue weighted by atomic mass is 10.1. The summed E-state index contributed by atoms with van der Waals surface area (Å²) in [7, 11) is 0. The standard InChI is InChI=1S/C24H33N5OS/c1-5-10-25-24(30)9-8-20-17(3)26-23-13-21(27-29(23)18(20)4)22-7-6-11-28(22)14-19-12-16(2)31-15-19/h12-13,15,22H,5-11,14H2,1-4H3,(H,25,30)/t22-/m1/s1. The molecular weight excluding hydrogens is 406 g/mol. The Morgan fingerprint density at radius 2 is 2.13 bits per heavy atom. The summed E-state index contributed by atoms with van der Waals surface area (Å²) in [5, 5.41) is 10.2. The van der Waals surface area contributed by atoms with Gasteiger partial charge in [0.2, 0.25) is 5.91 Å². The fourth-order valence-electron chi connectivity index (χ4n) is 4.63. The molecule has 1 fully saturated rings. The summed E-state index contributed by atoms with van der Waals surface area (Å²) in [6.07, 6.45) is 4.47. The quantitative estimate of drug-likeness (QED) is 0.561. The van der Waals surface area contributed by atoms with Gasteiger partial charge in [-0.2, -0.15) is 5.10 Å². The molecule has 1 N–H and O–H groups in total. The lowest BCUT2D eigenvalue weighted by Crippen LogP contribution is -2.24. The Morgan fingerprint density at radius 1 is 1.29 bits per heavy atom. The van der Waals surface area contributed by atoms with Crippen LogP contribution < -0.4 is 5.32 Å². The minimum atomic E-state index is 0.104. The lowest BCUT2D eigenvalue weighted by Gasteiger charge is -2.22. The molecule has 1 aliphatic rings. The average molecular weight is 440 g/mol. The van der Waals surface area contributed by atoms with Gasteiger partial charge in [-0.15, -0.1) is 11.3 Å². The van der Waals surface area contributed by atoms with Crippen molar-refractivity contribution in [2.75, 3.05) is 13.1 Å². The number of carbonyl (C=O) groups is 1. The Labute approximate surface area is 188 Å². The molecular formula is C24H33N5OS. The van der Waals surface area contributed by atoms with Crippen LogP contribution in [0.4, 0.5) is 0 Å². The Kier molecular flexibility index (Phi) is 6.72. The van der Waals surface area contributed by atoms with E-state index in [4.69, 9.17) is 10.1 Å². The summed E-state index contributed by atoms with van der Waals surface area (Å²) in [5.74, 6) is 0.104. The second-order valence-electron chi connectivity index (χ2n) is 8.64. The number of rotatable bonds is 8. The molecule has 6 nitrogen and oxygen atoms in total. The maximum Gasteiger partial charge on any atom is 0.220 e. The maximum absolute atomic E-state index is 12.1. The molecule has 1 aliphatic heterocycles. The van der Waals surface area contributed by atoms with Gasteiger partial charge in [-0.3, -0.25) is 9.69 Å². The second kappa shape index (κ2) is 9.49. The first-order chi connectivity index (χ1) is 15.0. The zero-order valence-electron chi connectivity index (χ0n) is 19.1. The largest absolute Gasteiger partial charge is 0.356 e. The zero-order valence-corrected chi connectivity index (χ0v) is 19.9. The first-order valence-electron chi connectivity index (χ1n) is 11.4. The van der Waals surface area contributed by atoms with E-state index in [0.717, 1.165) is 60.8 Å². The fourth-order valence-corrected chi connectivity index (χ4v) is 5.33. The third kappa shape index (κ3) is 4.83. The number of aromatic nitrogens is 3. The highest BCUT2D eigenvalue weighted by Gasteiger charge is 2.29. The highest BCUT2D eigenvalue weighted by molar-refractivity contribution is 7.10. The van der Waals surface area contributed by atoms with Crippen LogP contribution in [0.5, 0.6) is 0 Å². The van der Waals surface area contributed by atoms with E-state index in [-0.39, 0.29) is 5.91 Å². The smallest absolute Gasteiger partial charge is 0.220 e. The third-order valence-corrected chi connectivity index (χ3v) is 7.14. The molecule has 0 bridgehead atoms. The molecule has 1 atom stereocenters. The van der Waals surface area contributed by atoms with E-state index in [1.807, 2.05) is 22.8 Å². The number of likely N-dealkylation sites (tertiary alicyclic amines) is 1. The summed E-state index contributed by atoms with van der Waals surface area (Å²) < 4.78 is 1.98. The normalized spacial score (nSPS) is 17.0. The maximum atomic E-state index is 12.1. The van der Waals surface area contributed by atoms with E-state index in [0.29, 0.717) is 18.9 Å². The van der Waals surface area contributed by atoms with E-state index in [9.17, 15) is 4.79 Å².